The fourth-order valence-corrected chi connectivity index (χ4v) is 4.20. The monoisotopic (exact) mass is 618 g/mol. The van der Waals surface area contributed by atoms with Crippen molar-refractivity contribution in [3.8, 4) is 34.5 Å². The molecule has 0 aliphatic carbocycles. The maximum atomic E-state index is 13.8. The molecule has 0 aromatic heterocycles. The molecule has 0 spiro atoms. The van der Waals surface area contributed by atoms with Crippen LogP contribution in [0.4, 0.5) is 0 Å². The van der Waals surface area contributed by atoms with Gasteiger partial charge in [0.1, 0.15) is 45.6 Å². The lowest BCUT2D eigenvalue weighted by Gasteiger charge is -2.17. The minimum absolute atomic E-state index is 0.131. The second-order valence-corrected chi connectivity index (χ2v) is 9.45. The Labute approximate surface area is 263 Å². The van der Waals surface area contributed by atoms with Crippen molar-refractivity contribution in [2.45, 2.75) is 0 Å². The number of carbonyl (C=O) groups excluding carboxylic acids is 4. The molecule has 0 fully saturated rings. The first-order valence-corrected chi connectivity index (χ1v) is 13.8. The molecule has 0 saturated carbocycles. The van der Waals surface area contributed by atoms with Crippen LogP contribution in [-0.2, 0) is 0 Å². The summed E-state index contributed by atoms with van der Waals surface area (Å²) >= 11 is 0. The van der Waals surface area contributed by atoms with Gasteiger partial charge in [-0.05, 0) is 84.9 Å². The summed E-state index contributed by atoms with van der Waals surface area (Å²) in [5.41, 5.74) is -0.753. The first-order chi connectivity index (χ1) is 22.4. The van der Waals surface area contributed by atoms with Gasteiger partial charge in [-0.15, -0.1) is 0 Å². The Morgan fingerprint density at radius 1 is 0.370 bits per heavy atom. The van der Waals surface area contributed by atoms with Gasteiger partial charge in [-0.1, -0.05) is 36.4 Å². The van der Waals surface area contributed by atoms with Crippen LogP contribution in [0.5, 0.6) is 34.5 Å². The third-order valence-corrected chi connectivity index (χ3v) is 6.50. The van der Waals surface area contributed by atoms with Gasteiger partial charge in [0.25, 0.3) is 0 Å². The quantitative estimate of drug-likeness (QED) is 0.125. The van der Waals surface area contributed by atoms with Crippen molar-refractivity contribution in [3.05, 3.63) is 144 Å². The molecule has 5 aromatic carbocycles. The van der Waals surface area contributed by atoms with Gasteiger partial charge in [-0.2, -0.15) is 0 Å². The number of benzene rings is 5. The highest BCUT2D eigenvalue weighted by molar-refractivity contribution is 6.09. The van der Waals surface area contributed by atoms with E-state index in [4.69, 9.17) is 28.4 Å². The van der Waals surface area contributed by atoms with E-state index < -0.39 is 35.0 Å². The number of carbonyl (C=O) groups is 4. The molecule has 230 valence electrons. The third kappa shape index (κ3) is 7.37. The number of hydrogen-bond donors (Lipinski definition) is 0. The number of hydrogen-bond acceptors (Lipinski definition) is 10. The van der Waals surface area contributed by atoms with Crippen molar-refractivity contribution in [2.75, 3.05) is 14.2 Å². The highest BCUT2D eigenvalue weighted by atomic mass is 16.6. The molecule has 46 heavy (non-hydrogen) atoms. The molecule has 0 bridgehead atoms. The first kappa shape index (κ1) is 31.0. The molecule has 0 saturated heterocycles. The summed E-state index contributed by atoms with van der Waals surface area (Å²) in [5, 5.41) is 0. The number of para-hydroxylation sites is 2. The molecule has 10 nitrogen and oxygen atoms in total. The van der Waals surface area contributed by atoms with Crippen LogP contribution in [0, 0.1) is 0 Å². The second-order valence-electron chi connectivity index (χ2n) is 9.45. The second kappa shape index (κ2) is 14.4. The average molecular weight is 619 g/mol. The average Bonchev–Trinajstić information content (AvgIpc) is 3.09. The van der Waals surface area contributed by atoms with Crippen molar-refractivity contribution < 1.29 is 47.6 Å². The van der Waals surface area contributed by atoms with Crippen LogP contribution in [0.25, 0.3) is 0 Å². The van der Waals surface area contributed by atoms with E-state index in [0.717, 1.165) is 0 Å². The van der Waals surface area contributed by atoms with E-state index in [1.54, 1.807) is 60.7 Å². The zero-order chi connectivity index (χ0) is 32.5. The standard InChI is InChI=1S/C36H26O10/c1-41-25-17-13-23(14-18-25)33(37)45-29-21-22-30(46-34(38)24-15-19-26(42-2)20-16-24)32(36(40)44-28-11-7-4-8-12-28)31(29)35(39)43-27-9-5-3-6-10-27/h3-22H,1-2H3. The van der Waals surface area contributed by atoms with Crippen LogP contribution in [0.1, 0.15) is 41.4 Å². The highest BCUT2D eigenvalue weighted by Crippen LogP contribution is 2.34. The van der Waals surface area contributed by atoms with Gasteiger partial charge in [0, 0.05) is 0 Å². The van der Waals surface area contributed by atoms with Gasteiger partial charge in [-0.25, -0.2) is 19.2 Å². The van der Waals surface area contributed by atoms with E-state index in [1.807, 2.05) is 0 Å². The smallest absolute Gasteiger partial charge is 0.348 e. The molecule has 0 radical (unpaired) electrons. The van der Waals surface area contributed by atoms with Crippen molar-refractivity contribution in [1.29, 1.82) is 0 Å². The molecular weight excluding hydrogens is 592 g/mol. The normalized spacial score (nSPS) is 10.3. The molecule has 0 heterocycles. The summed E-state index contributed by atoms with van der Waals surface area (Å²) in [4.78, 5) is 54.0. The van der Waals surface area contributed by atoms with Gasteiger partial charge in [0.15, 0.2) is 0 Å². The Morgan fingerprint density at radius 3 is 1.04 bits per heavy atom. The van der Waals surface area contributed by atoms with E-state index >= 15 is 0 Å². The summed E-state index contributed by atoms with van der Waals surface area (Å²) in [6.45, 7) is 0. The number of rotatable bonds is 10. The van der Waals surface area contributed by atoms with Gasteiger partial charge in [0.05, 0.1) is 25.3 Å². The molecule has 0 N–H and O–H groups in total. The van der Waals surface area contributed by atoms with Crippen LogP contribution < -0.4 is 28.4 Å². The molecule has 5 aromatic rings. The Kier molecular flexibility index (Phi) is 9.69. The summed E-state index contributed by atoms with van der Waals surface area (Å²) in [6.07, 6.45) is 0. The van der Waals surface area contributed by atoms with Gasteiger partial charge in [-0.3, -0.25) is 0 Å². The molecule has 0 unspecified atom stereocenters. The number of ether oxygens (including phenoxy) is 6. The predicted molar refractivity (Wildman–Crippen MR) is 165 cm³/mol. The summed E-state index contributed by atoms with van der Waals surface area (Å²) in [7, 11) is 2.97. The van der Waals surface area contributed by atoms with Crippen molar-refractivity contribution >= 4 is 23.9 Å². The molecule has 0 aliphatic heterocycles. The topological polar surface area (TPSA) is 124 Å². The Hall–Kier alpha value is -6.42. The SMILES string of the molecule is COc1ccc(C(=O)Oc2ccc(OC(=O)c3ccc(OC)cc3)c(C(=O)Oc3ccccc3)c2C(=O)Oc2ccccc2)cc1. The van der Waals surface area contributed by atoms with Crippen molar-refractivity contribution in [2.24, 2.45) is 0 Å². The lowest BCUT2D eigenvalue weighted by atomic mass is 10.0. The first-order valence-electron chi connectivity index (χ1n) is 13.8. The fourth-order valence-electron chi connectivity index (χ4n) is 4.20. The lowest BCUT2D eigenvalue weighted by Crippen LogP contribution is -2.22. The van der Waals surface area contributed by atoms with Gasteiger partial charge < -0.3 is 28.4 Å². The minimum atomic E-state index is -1.08. The Balaban J connectivity index is 1.61. The van der Waals surface area contributed by atoms with Crippen molar-refractivity contribution in [3.63, 3.8) is 0 Å². The fraction of sp³-hybridized carbons (Fsp3) is 0.0556. The van der Waals surface area contributed by atoms with Gasteiger partial charge in [0.2, 0.25) is 0 Å². The van der Waals surface area contributed by atoms with Crippen LogP contribution in [-0.4, -0.2) is 38.1 Å². The predicted octanol–water partition coefficient (Wildman–Crippen LogP) is 6.58. The molecule has 0 atom stereocenters. The molecule has 0 aliphatic rings. The molecule has 5 rings (SSSR count). The molecule has 10 heteroatoms. The van der Waals surface area contributed by atoms with Crippen LogP contribution in [0.3, 0.4) is 0 Å². The minimum Gasteiger partial charge on any atom is -0.497 e. The van der Waals surface area contributed by atoms with E-state index in [9.17, 15) is 19.2 Å². The largest absolute Gasteiger partial charge is 0.497 e. The lowest BCUT2D eigenvalue weighted by molar-refractivity contribution is 0.0654. The van der Waals surface area contributed by atoms with Gasteiger partial charge >= 0.3 is 23.9 Å². The Morgan fingerprint density at radius 2 is 0.717 bits per heavy atom. The highest BCUT2D eigenvalue weighted by Gasteiger charge is 2.32. The van der Waals surface area contributed by atoms with Crippen LogP contribution in [0.15, 0.2) is 121 Å². The number of methoxy groups -OCH3 is 2. The van der Waals surface area contributed by atoms with Crippen molar-refractivity contribution in [1.82, 2.24) is 0 Å². The summed E-state index contributed by atoms with van der Waals surface area (Å²) in [6, 6.07) is 30.7. The zero-order valence-corrected chi connectivity index (χ0v) is 24.6. The molecular formula is C36H26O10. The number of esters is 4. The summed E-state index contributed by atoms with van der Waals surface area (Å²) < 4.78 is 32.7. The third-order valence-electron chi connectivity index (χ3n) is 6.50. The van der Waals surface area contributed by atoms with E-state index in [2.05, 4.69) is 0 Å². The van der Waals surface area contributed by atoms with E-state index in [0.29, 0.717) is 11.5 Å². The van der Waals surface area contributed by atoms with E-state index in [1.165, 1.54) is 74.9 Å². The van der Waals surface area contributed by atoms with Crippen LogP contribution >= 0.6 is 0 Å². The van der Waals surface area contributed by atoms with E-state index in [-0.39, 0.29) is 34.1 Å². The maximum Gasteiger partial charge on any atom is 0.348 e. The zero-order valence-electron chi connectivity index (χ0n) is 24.6. The summed E-state index contributed by atoms with van der Waals surface area (Å²) in [5.74, 6) is -3.22. The molecule has 0 amide bonds. The maximum absolute atomic E-state index is 13.8. The Bertz CT molecular complexity index is 1710. The van der Waals surface area contributed by atoms with Crippen LogP contribution in [0.2, 0.25) is 0 Å².